The highest BCUT2D eigenvalue weighted by Crippen LogP contribution is 2.28. The van der Waals surface area contributed by atoms with Gasteiger partial charge in [0.15, 0.2) is 11.5 Å². The first kappa shape index (κ1) is 20.7. The van der Waals surface area contributed by atoms with Crippen LogP contribution in [-0.2, 0) is 11.3 Å². The summed E-state index contributed by atoms with van der Waals surface area (Å²) in [5, 5.41) is 5.00. The Morgan fingerprint density at radius 1 is 1.10 bits per heavy atom. The van der Waals surface area contributed by atoms with Crippen LogP contribution in [-0.4, -0.2) is 52.1 Å². The van der Waals surface area contributed by atoms with Crippen molar-refractivity contribution in [1.82, 2.24) is 19.7 Å². The molecule has 0 spiro atoms. The number of rotatable bonds is 9. The summed E-state index contributed by atoms with van der Waals surface area (Å²) in [5.41, 5.74) is 1.91. The van der Waals surface area contributed by atoms with Gasteiger partial charge in [0.2, 0.25) is 11.1 Å². The zero-order valence-electron chi connectivity index (χ0n) is 16.7. The highest BCUT2D eigenvalue weighted by Gasteiger charge is 2.15. The Labute approximate surface area is 174 Å². The second kappa shape index (κ2) is 9.97. The van der Waals surface area contributed by atoms with Gasteiger partial charge in [0, 0.05) is 13.1 Å². The predicted octanol–water partition coefficient (Wildman–Crippen LogP) is 3.43. The van der Waals surface area contributed by atoms with Gasteiger partial charge in [0.25, 0.3) is 0 Å². The molecule has 0 N–H and O–H groups in total. The molecular formula is C21H24N4O3S. The van der Waals surface area contributed by atoms with E-state index in [2.05, 4.69) is 10.1 Å². The van der Waals surface area contributed by atoms with E-state index >= 15 is 0 Å². The molecule has 3 aromatic rings. The Hall–Kier alpha value is -3.00. The van der Waals surface area contributed by atoms with Crippen LogP contribution < -0.4 is 9.47 Å². The minimum absolute atomic E-state index is 0.0309. The van der Waals surface area contributed by atoms with E-state index in [0.29, 0.717) is 29.7 Å². The topological polar surface area (TPSA) is 69.5 Å². The van der Waals surface area contributed by atoms with Gasteiger partial charge in [-0.15, -0.1) is 5.10 Å². The van der Waals surface area contributed by atoms with Crippen molar-refractivity contribution in [1.29, 1.82) is 0 Å². The van der Waals surface area contributed by atoms with Crippen molar-refractivity contribution in [3.05, 3.63) is 60.4 Å². The first-order chi connectivity index (χ1) is 14.1. The van der Waals surface area contributed by atoms with Gasteiger partial charge in [-0.05, 0) is 36.8 Å². The third-order valence-corrected chi connectivity index (χ3v) is 5.21. The quantitative estimate of drug-likeness (QED) is 0.502. The maximum absolute atomic E-state index is 12.7. The minimum atomic E-state index is 0.0309. The highest BCUT2D eigenvalue weighted by molar-refractivity contribution is 7.99. The van der Waals surface area contributed by atoms with Crippen molar-refractivity contribution < 1.29 is 14.3 Å². The van der Waals surface area contributed by atoms with Gasteiger partial charge in [0.05, 0.1) is 25.7 Å². The average molecular weight is 413 g/mol. The second-order valence-electron chi connectivity index (χ2n) is 6.19. The summed E-state index contributed by atoms with van der Waals surface area (Å²) in [6.07, 6.45) is 1.66. The zero-order valence-corrected chi connectivity index (χ0v) is 17.6. The summed E-state index contributed by atoms with van der Waals surface area (Å²) in [6, 6.07) is 15.4. The number of amides is 1. The standard InChI is InChI=1S/C21H24N4O3S/c1-4-24(13-16-10-11-18(27-2)19(12-16)28-3)20(26)14-29-21-22-15-25(23-21)17-8-6-5-7-9-17/h5-12,15H,4,13-14H2,1-3H3. The molecule has 7 nitrogen and oxygen atoms in total. The van der Waals surface area contributed by atoms with E-state index in [1.165, 1.54) is 11.8 Å². The molecule has 1 aromatic heterocycles. The number of para-hydroxylation sites is 1. The Morgan fingerprint density at radius 3 is 2.55 bits per heavy atom. The summed E-state index contributed by atoms with van der Waals surface area (Å²) in [4.78, 5) is 18.8. The van der Waals surface area contributed by atoms with Crippen LogP contribution in [0.25, 0.3) is 5.69 Å². The zero-order chi connectivity index (χ0) is 20.6. The van der Waals surface area contributed by atoms with Crippen LogP contribution in [0.4, 0.5) is 0 Å². The molecule has 29 heavy (non-hydrogen) atoms. The van der Waals surface area contributed by atoms with Crippen molar-refractivity contribution in [3.63, 3.8) is 0 Å². The van der Waals surface area contributed by atoms with Crippen LogP contribution >= 0.6 is 11.8 Å². The van der Waals surface area contributed by atoms with Crippen molar-refractivity contribution in [3.8, 4) is 17.2 Å². The second-order valence-corrected chi connectivity index (χ2v) is 7.14. The Kier molecular flexibility index (Phi) is 7.13. The predicted molar refractivity (Wildman–Crippen MR) is 113 cm³/mol. The molecule has 2 aromatic carbocycles. The smallest absolute Gasteiger partial charge is 0.233 e. The van der Waals surface area contributed by atoms with E-state index in [-0.39, 0.29) is 11.7 Å². The molecule has 152 valence electrons. The third-order valence-electron chi connectivity index (χ3n) is 4.37. The molecule has 0 saturated heterocycles. The fourth-order valence-electron chi connectivity index (χ4n) is 2.81. The highest BCUT2D eigenvalue weighted by atomic mass is 32.2. The first-order valence-corrected chi connectivity index (χ1v) is 10.2. The van der Waals surface area contributed by atoms with E-state index < -0.39 is 0 Å². The van der Waals surface area contributed by atoms with Crippen LogP contribution in [0.1, 0.15) is 12.5 Å². The van der Waals surface area contributed by atoms with E-state index in [1.807, 2.05) is 55.5 Å². The van der Waals surface area contributed by atoms with Crippen molar-refractivity contribution in [2.24, 2.45) is 0 Å². The SMILES string of the molecule is CCN(Cc1ccc(OC)c(OC)c1)C(=O)CSc1ncn(-c2ccccc2)n1. The number of carbonyl (C=O) groups is 1. The van der Waals surface area contributed by atoms with Crippen LogP contribution in [0, 0.1) is 0 Å². The van der Waals surface area contributed by atoms with E-state index in [0.717, 1.165) is 11.3 Å². The van der Waals surface area contributed by atoms with Crippen molar-refractivity contribution in [2.45, 2.75) is 18.6 Å². The van der Waals surface area contributed by atoms with Gasteiger partial charge in [-0.1, -0.05) is 36.0 Å². The van der Waals surface area contributed by atoms with Crippen molar-refractivity contribution in [2.75, 3.05) is 26.5 Å². The molecule has 0 bridgehead atoms. The van der Waals surface area contributed by atoms with Gasteiger partial charge in [-0.25, -0.2) is 9.67 Å². The first-order valence-electron chi connectivity index (χ1n) is 9.23. The number of benzene rings is 2. The number of ether oxygens (including phenoxy) is 2. The van der Waals surface area contributed by atoms with Gasteiger partial charge in [-0.2, -0.15) is 0 Å². The molecule has 0 radical (unpaired) electrons. The summed E-state index contributed by atoms with van der Waals surface area (Å²) in [7, 11) is 3.20. The summed E-state index contributed by atoms with van der Waals surface area (Å²) in [6.45, 7) is 3.08. The Morgan fingerprint density at radius 2 is 1.86 bits per heavy atom. The monoisotopic (exact) mass is 412 g/mol. The van der Waals surface area contributed by atoms with Gasteiger partial charge >= 0.3 is 0 Å². The normalized spacial score (nSPS) is 10.6. The lowest BCUT2D eigenvalue weighted by molar-refractivity contribution is -0.128. The lowest BCUT2D eigenvalue weighted by atomic mass is 10.2. The van der Waals surface area contributed by atoms with E-state index in [1.54, 1.807) is 30.1 Å². The molecule has 0 unspecified atom stereocenters. The number of hydrogen-bond acceptors (Lipinski definition) is 6. The third kappa shape index (κ3) is 5.29. The molecule has 8 heteroatoms. The summed E-state index contributed by atoms with van der Waals surface area (Å²) < 4.78 is 12.3. The molecule has 0 aliphatic carbocycles. The molecule has 1 heterocycles. The summed E-state index contributed by atoms with van der Waals surface area (Å²) >= 11 is 1.33. The molecule has 0 aliphatic rings. The number of methoxy groups -OCH3 is 2. The molecule has 3 rings (SSSR count). The van der Waals surface area contributed by atoms with E-state index in [4.69, 9.17) is 9.47 Å². The molecule has 1 amide bonds. The number of aromatic nitrogens is 3. The number of nitrogens with zero attached hydrogens (tertiary/aromatic N) is 4. The molecular weight excluding hydrogens is 388 g/mol. The number of carbonyl (C=O) groups excluding carboxylic acids is 1. The molecule has 0 aliphatic heterocycles. The fraction of sp³-hybridized carbons (Fsp3) is 0.286. The van der Waals surface area contributed by atoms with Crippen LogP contribution in [0.5, 0.6) is 11.5 Å². The Balaban J connectivity index is 1.60. The van der Waals surface area contributed by atoms with Gasteiger partial charge < -0.3 is 14.4 Å². The maximum Gasteiger partial charge on any atom is 0.233 e. The van der Waals surface area contributed by atoms with Gasteiger partial charge in [-0.3, -0.25) is 4.79 Å². The van der Waals surface area contributed by atoms with Gasteiger partial charge in [0.1, 0.15) is 6.33 Å². The summed E-state index contributed by atoms with van der Waals surface area (Å²) in [5.74, 6) is 1.63. The largest absolute Gasteiger partial charge is 0.493 e. The maximum atomic E-state index is 12.7. The minimum Gasteiger partial charge on any atom is -0.493 e. The van der Waals surface area contributed by atoms with E-state index in [9.17, 15) is 4.79 Å². The van der Waals surface area contributed by atoms with Crippen LogP contribution in [0.3, 0.4) is 0 Å². The fourth-order valence-corrected chi connectivity index (χ4v) is 3.51. The number of thioether (sulfide) groups is 1. The number of hydrogen-bond donors (Lipinski definition) is 0. The lowest BCUT2D eigenvalue weighted by Gasteiger charge is -2.21. The van der Waals surface area contributed by atoms with Crippen LogP contribution in [0.15, 0.2) is 60.0 Å². The average Bonchev–Trinajstić information content (AvgIpc) is 3.25. The lowest BCUT2D eigenvalue weighted by Crippen LogP contribution is -2.31. The molecule has 0 saturated carbocycles. The molecule has 0 fully saturated rings. The van der Waals surface area contributed by atoms with Crippen LogP contribution in [0.2, 0.25) is 0 Å². The molecule has 0 atom stereocenters. The van der Waals surface area contributed by atoms with Crippen molar-refractivity contribution >= 4 is 17.7 Å². The Bertz CT molecular complexity index is 946.